The Morgan fingerprint density at radius 1 is 1.44 bits per heavy atom. The zero-order chi connectivity index (χ0) is 11.5. The Labute approximate surface area is 97.1 Å². The van der Waals surface area contributed by atoms with E-state index < -0.39 is 0 Å². The first-order chi connectivity index (χ1) is 7.66. The summed E-state index contributed by atoms with van der Waals surface area (Å²) in [5.41, 5.74) is 5.91. The summed E-state index contributed by atoms with van der Waals surface area (Å²) in [5.74, 6) is 0.642. The summed E-state index contributed by atoms with van der Waals surface area (Å²) in [5, 5.41) is 0. The first-order valence-electron chi connectivity index (χ1n) is 6.32. The molecule has 16 heavy (non-hydrogen) atoms. The van der Waals surface area contributed by atoms with E-state index >= 15 is 0 Å². The smallest absolute Gasteiger partial charge is 0.225 e. The molecule has 0 bridgehead atoms. The van der Waals surface area contributed by atoms with Crippen molar-refractivity contribution in [1.82, 2.24) is 4.90 Å². The van der Waals surface area contributed by atoms with E-state index in [1.807, 2.05) is 4.90 Å². The number of rotatable bonds is 2. The van der Waals surface area contributed by atoms with Crippen molar-refractivity contribution < 1.29 is 9.53 Å². The molecule has 4 nitrogen and oxygen atoms in total. The van der Waals surface area contributed by atoms with E-state index in [0.717, 1.165) is 26.0 Å². The fraction of sp³-hybridized carbons (Fsp3) is 0.917. The van der Waals surface area contributed by atoms with Crippen molar-refractivity contribution in [3.05, 3.63) is 0 Å². The van der Waals surface area contributed by atoms with Gasteiger partial charge in [-0.1, -0.05) is 6.92 Å². The Kier molecular flexibility index (Phi) is 3.82. The van der Waals surface area contributed by atoms with Gasteiger partial charge in [0, 0.05) is 25.7 Å². The highest BCUT2D eigenvalue weighted by Crippen LogP contribution is 2.20. The summed E-state index contributed by atoms with van der Waals surface area (Å²) in [7, 11) is 0. The number of amides is 1. The van der Waals surface area contributed by atoms with Crippen molar-refractivity contribution >= 4 is 5.91 Å². The van der Waals surface area contributed by atoms with E-state index in [2.05, 4.69) is 6.92 Å². The fourth-order valence-electron chi connectivity index (χ4n) is 2.49. The van der Waals surface area contributed by atoms with Crippen molar-refractivity contribution in [3.8, 4) is 0 Å². The average molecular weight is 226 g/mol. The van der Waals surface area contributed by atoms with Crippen LogP contribution in [-0.4, -0.2) is 42.6 Å². The quantitative estimate of drug-likeness (QED) is 0.756. The summed E-state index contributed by atoms with van der Waals surface area (Å²) in [6, 6.07) is 0.149. The second kappa shape index (κ2) is 5.15. The van der Waals surface area contributed by atoms with Gasteiger partial charge in [0.1, 0.15) is 0 Å². The molecule has 0 aliphatic carbocycles. The lowest BCUT2D eigenvalue weighted by Gasteiger charge is -2.24. The van der Waals surface area contributed by atoms with E-state index in [-0.39, 0.29) is 18.1 Å². The van der Waals surface area contributed by atoms with Gasteiger partial charge in [-0.25, -0.2) is 0 Å². The fourth-order valence-corrected chi connectivity index (χ4v) is 2.49. The van der Waals surface area contributed by atoms with Crippen LogP contribution in [0.1, 0.15) is 32.6 Å². The van der Waals surface area contributed by atoms with Crippen molar-refractivity contribution in [2.24, 2.45) is 11.7 Å². The Balaban J connectivity index is 1.79. The third-order valence-electron chi connectivity index (χ3n) is 3.70. The lowest BCUT2D eigenvalue weighted by atomic mass is 10.1. The summed E-state index contributed by atoms with van der Waals surface area (Å²) in [6.07, 6.45) is 4.04. The van der Waals surface area contributed by atoms with Gasteiger partial charge in [0.05, 0.1) is 12.5 Å². The first-order valence-corrected chi connectivity index (χ1v) is 6.32. The van der Waals surface area contributed by atoms with Crippen molar-refractivity contribution in [2.75, 3.05) is 19.7 Å². The van der Waals surface area contributed by atoms with Gasteiger partial charge in [-0.2, -0.15) is 0 Å². The summed E-state index contributed by atoms with van der Waals surface area (Å²) in [4.78, 5) is 13.9. The minimum Gasteiger partial charge on any atom is -0.378 e. The highest BCUT2D eigenvalue weighted by Gasteiger charge is 2.31. The van der Waals surface area contributed by atoms with Crippen LogP contribution in [0.25, 0.3) is 0 Å². The SMILES string of the molecule is CC1CN(C(=O)CC2CCCCO2)CC1N. The van der Waals surface area contributed by atoms with Crippen LogP contribution in [-0.2, 0) is 9.53 Å². The molecule has 3 unspecified atom stereocenters. The van der Waals surface area contributed by atoms with Crippen LogP contribution in [0.3, 0.4) is 0 Å². The highest BCUT2D eigenvalue weighted by molar-refractivity contribution is 5.77. The van der Waals surface area contributed by atoms with E-state index in [9.17, 15) is 4.79 Å². The van der Waals surface area contributed by atoms with Crippen LogP contribution in [0, 0.1) is 5.92 Å². The monoisotopic (exact) mass is 226 g/mol. The normalized spacial score (nSPS) is 35.4. The minimum absolute atomic E-state index is 0.147. The van der Waals surface area contributed by atoms with Crippen LogP contribution >= 0.6 is 0 Å². The Morgan fingerprint density at radius 3 is 2.81 bits per heavy atom. The van der Waals surface area contributed by atoms with Gasteiger partial charge in [-0.3, -0.25) is 4.79 Å². The molecule has 2 rings (SSSR count). The molecule has 2 aliphatic heterocycles. The number of carbonyl (C=O) groups excluding carboxylic acids is 1. The molecular weight excluding hydrogens is 204 g/mol. The molecule has 3 atom stereocenters. The number of carbonyl (C=O) groups is 1. The van der Waals surface area contributed by atoms with Gasteiger partial charge in [-0.05, 0) is 25.2 Å². The zero-order valence-electron chi connectivity index (χ0n) is 10.0. The molecule has 0 aromatic heterocycles. The predicted octanol–water partition coefficient (Wildman–Crippen LogP) is 0.751. The number of hydrogen-bond donors (Lipinski definition) is 1. The number of ether oxygens (including phenoxy) is 1. The largest absolute Gasteiger partial charge is 0.378 e. The number of nitrogens with zero attached hydrogens (tertiary/aromatic N) is 1. The predicted molar refractivity (Wildman–Crippen MR) is 61.9 cm³/mol. The van der Waals surface area contributed by atoms with Gasteiger partial charge in [0.2, 0.25) is 5.91 Å². The molecule has 4 heteroatoms. The third kappa shape index (κ3) is 2.74. The second-order valence-corrected chi connectivity index (χ2v) is 5.13. The van der Waals surface area contributed by atoms with Crippen LogP contribution < -0.4 is 5.73 Å². The van der Waals surface area contributed by atoms with Gasteiger partial charge in [-0.15, -0.1) is 0 Å². The summed E-state index contributed by atoms with van der Waals surface area (Å²) < 4.78 is 5.58. The molecule has 0 saturated carbocycles. The Hall–Kier alpha value is -0.610. The average Bonchev–Trinajstić information content (AvgIpc) is 2.61. The van der Waals surface area contributed by atoms with Gasteiger partial charge < -0.3 is 15.4 Å². The van der Waals surface area contributed by atoms with Crippen molar-refractivity contribution in [1.29, 1.82) is 0 Å². The maximum Gasteiger partial charge on any atom is 0.225 e. The molecule has 0 aromatic carbocycles. The Bertz CT molecular complexity index is 241. The maximum absolute atomic E-state index is 12.0. The molecular formula is C12H22N2O2. The third-order valence-corrected chi connectivity index (χ3v) is 3.70. The molecule has 92 valence electrons. The summed E-state index contributed by atoms with van der Waals surface area (Å²) in [6.45, 7) is 4.45. The van der Waals surface area contributed by atoms with Gasteiger partial charge in [0.25, 0.3) is 0 Å². The number of hydrogen-bond acceptors (Lipinski definition) is 3. The van der Waals surface area contributed by atoms with Gasteiger partial charge >= 0.3 is 0 Å². The summed E-state index contributed by atoms with van der Waals surface area (Å²) >= 11 is 0. The van der Waals surface area contributed by atoms with Crippen molar-refractivity contribution in [2.45, 2.75) is 44.8 Å². The van der Waals surface area contributed by atoms with E-state index in [0.29, 0.717) is 18.9 Å². The molecule has 2 N–H and O–H groups in total. The Morgan fingerprint density at radius 2 is 2.25 bits per heavy atom. The van der Waals surface area contributed by atoms with Crippen LogP contribution in [0.4, 0.5) is 0 Å². The highest BCUT2D eigenvalue weighted by atomic mass is 16.5. The topological polar surface area (TPSA) is 55.6 Å². The van der Waals surface area contributed by atoms with Crippen LogP contribution in [0.15, 0.2) is 0 Å². The minimum atomic E-state index is 0.147. The van der Waals surface area contributed by atoms with Gasteiger partial charge in [0.15, 0.2) is 0 Å². The molecule has 2 aliphatic rings. The first kappa shape index (κ1) is 11.9. The van der Waals surface area contributed by atoms with E-state index in [4.69, 9.17) is 10.5 Å². The maximum atomic E-state index is 12.0. The molecule has 0 radical (unpaired) electrons. The standard InChI is InChI=1S/C12H22N2O2/c1-9-7-14(8-11(9)13)12(15)6-10-4-2-3-5-16-10/h9-11H,2-8,13H2,1H3. The van der Waals surface area contributed by atoms with Crippen LogP contribution in [0.2, 0.25) is 0 Å². The lowest BCUT2D eigenvalue weighted by Crippen LogP contribution is -2.35. The zero-order valence-corrected chi connectivity index (χ0v) is 10.0. The van der Waals surface area contributed by atoms with Crippen molar-refractivity contribution in [3.63, 3.8) is 0 Å². The van der Waals surface area contributed by atoms with E-state index in [1.54, 1.807) is 0 Å². The van der Waals surface area contributed by atoms with Crippen LogP contribution in [0.5, 0.6) is 0 Å². The molecule has 2 heterocycles. The number of nitrogens with two attached hydrogens (primary N) is 1. The molecule has 2 saturated heterocycles. The molecule has 0 aromatic rings. The second-order valence-electron chi connectivity index (χ2n) is 5.13. The van der Waals surface area contributed by atoms with E-state index in [1.165, 1.54) is 6.42 Å². The molecule has 2 fully saturated rings. The molecule has 1 amide bonds. The molecule has 0 spiro atoms. The number of likely N-dealkylation sites (tertiary alicyclic amines) is 1. The lowest BCUT2D eigenvalue weighted by molar-refractivity contribution is -0.134.